The molecule has 34 heavy (non-hydrogen) atoms. The molecule has 1 aliphatic rings. The second kappa shape index (κ2) is 10.4. The summed E-state index contributed by atoms with van der Waals surface area (Å²) in [5, 5.41) is 5.66. The number of aromatic nitrogens is 2. The minimum Gasteiger partial charge on any atom is -0.467 e. The van der Waals surface area contributed by atoms with Gasteiger partial charge in [-0.05, 0) is 37.5 Å². The van der Waals surface area contributed by atoms with E-state index in [1.165, 1.54) is 7.11 Å². The van der Waals surface area contributed by atoms with Gasteiger partial charge in [0.25, 0.3) is 5.56 Å². The topological polar surface area (TPSA) is 106 Å². The first kappa shape index (κ1) is 23.3. The van der Waals surface area contributed by atoms with E-state index in [1.807, 2.05) is 42.2 Å². The molecule has 0 spiro atoms. The van der Waals surface area contributed by atoms with E-state index in [0.29, 0.717) is 43.9 Å². The van der Waals surface area contributed by atoms with Crippen LogP contribution >= 0.6 is 0 Å². The fraction of sp³-hybridized carbons (Fsp3) is 0.360. The predicted molar refractivity (Wildman–Crippen MR) is 130 cm³/mol. The van der Waals surface area contributed by atoms with E-state index in [9.17, 15) is 14.4 Å². The number of benzene rings is 2. The van der Waals surface area contributed by atoms with E-state index in [4.69, 9.17) is 4.74 Å². The number of methoxy groups -OCH3 is 1. The lowest BCUT2D eigenvalue weighted by atomic mass is 10.0. The number of carbonyl (C=O) groups excluding carboxylic acids is 2. The Hall–Kier alpha value is -3.88. The van der Waals surface area contributed by atoms with Crippen molar-refractivity contribution in [3.8, 4) is 0 Å². The van der Waals surface area contributed by atoms with Crippen LogP contribution in [0, 0.1) is 0 Å². The summed E-state index contributed by atoms with van der Waals surface area (Å²) in [4.78, 5) is 44.5. The summed E-state index contributed by atoms with van der Waals surface area (Å²) < 4.78 is 6.60. The van der Waals surface area contributed by atoms with Crippen molar-refractivity contribution in [2.45, 2.75) is 38.4 Å². The SMILES string of the molecule is CCn1c(=O)c(N2CCC(NC(=O)NC(C(=O)OC)c3ccccc3)CC2)nc2ccccc21. The van der Waals surface area contributed by atoms with Crippen molar-refractivity contribution < 1.29 is 14.3 Å². The number of hydrogen-bond donors (Lipinski definition) is 2. The van der Waals surface area contributed by atoms with Gasteiger partial charge in [-0.3, -0.25) is 4.79 Å². The highest BCUT2D eigenvalue weighted by Crippen LogP contribution is 2.19. The van der Waals surface area contributed by atoms with Gasteiger partial charge in [0, 0.05) is 25.7 Å². The molecule has 1 aliphatic heterocycles. The van der Waals surface area contributed by atoms with Crippen LogP contribution in [0.2, 0.25) is 0 Å². The van der Waals surface area contributed by atoms with E-state index in [0.717, 1.165) is 11.0 Å². The Bertz CT molecular complexity index is 1220. The van der Waals surface area contributed by atoms with Gasteiger partial charge < -0.3 is 24.8 Å². The number of nitrogens with one attached hydrogen (secondary N) is 2. The van der Waals surface area contributed by atoms with Gasteiger partial charge in [-0.2, -0.15) is 0 Å². The first-order valence-corrected chi connectivity index (χ1v) is 11.5. The third-order valence-corrected chi connectivity index (χ3v) is 6.13. The highest BCUT2D eigenvalue weighted by atomic mass is 16.5. The standard InChI is InChI=1S/C25H29N5O4/c1-3-30-20-12-8-7-11-19(20)27-22(23(30)31)29-15-13-18(14-16-29)26-25(33)28-21(24(32)34-2)17-9-5-4-6-10-17/h4-12,18,21H,3,13-16H2,1-2H3,(H2,26,28,33). The number of amides is 2. The van der Waals surface area contributed by atoms with Crippen LogP contribution < -0.4 is 21.1 Å². The molecular formula is C25H29N5O4. The number of carbonyl (C=O) groups is 2. The number of urea groups is 1. The average molecular weight is 464 g/mol. The van der Waals surface area contributed by atoms with Crippen LogP contribution in [0.25, 0.3) is 11.0 Å². The normalized spacial score (nSPS) is 15.1. The molecule has 4 rings (SSSR count). The minimum absolute atomic E-state index is 0.0841. The molecule has 2 amide bonds. The summed E-state index contributed by atoms with van der Waals surface area (Å²) in [7, 11) is 1.29. The Morgan fingerprint density at radius 3 is 2.44 bits per heavy atom. The summed E-state index contributed by atoms with van der Waals surface area (Å²) in [6.07, 6.45) is 1.31. The van der Waals surface area contributed by atoms with Crippen molar-refractivity contribution in [2.75, 3.05) is 25.1 Å². The highest BCUT2D eigenvalue weighted by molar-refractivity contribution is 5.84. The maximum Gasteiger partial charge on any atom is 0.333 e. The van der Waals surface area contributed by atoms with E-state index < -0.39 is 18.0 Å². The van der Waals surface area contributed by atoms with Gasteiger partial charge in [0.05, 0.1) is 18.1 Å². The van der Waals surface area contributed by atoms with Crippen LogP contribution in [0.15, 0.2) is 59.4 Å². The molecule has 0 aliphatic carbocycles. The maximum atomic E-state index is 13.1. The van der Waals surface area contributed by atoms with Crippen molar-refractivity contribution >= 4 is 28.9 Å². The van der Waals surface area contributed by atoms with Crippen molar-refractivity contribution in [2.24, 2.45) is 0 Å². The summed E-state index contributed by atoms with van der Waals surface area (Å²) in [5.41, 5.74) is 2.15. The number of hydrogen-bond acceptors (Lipinski definition) is 6. The number of anilines is 1. The summed E-state index contributed by atoms with van der Waals surface area (Å²) >= 11 is 0. The van der Waals surface area contributed by atoms with Crippen LogP contribution in [0.5, 0.6) is 0 Å². The van der Waals surface area contributed by atoms with Gasteiger partial charge in [0.1, 0.15) is 0 Å². The molecule has 0 radical (unpaired) electrons. The Morgan fingerprint density at radius 2 is 1.76 bits per heavy atom. The first-order valence-electron chi connectivity index (χ1n) is 11.5. The Morgan fingerprint density at radius 1 is 1.09 bits per heavy atom. The lowest BCUT2D eigenvalue weighted by Gasteiger charge is -2.33. The van der Waals surface area contributed by atoms with E-state index >= 15 is 0 Å². The number of esters is 1. The first-order chi connectivity index (χ1) is 16.5. The monoisotopic (exact) mass is 463 g/mol. The molecule has 1 saturated heterocycles. The number of aryl methyl sites for hydroxylation is 1. The number of para-hydroxylation sites is 2. The molecular weight excluding hydrogens is 434 g/mol. The van der Waals surface area contributed by atoms with Gasteiger partial charge in [-0.15, -0.1) is 0 Å². The molecule has 3 aromatic rings. The van der Waals surface area contributed by atoms with Gasteiger partial charge >= 0.3 is 12.0 Å². The number of nitrogens with zero attached hydrogens (tertiary/aromatic N) is 3. The average Bonchev–Trinajstić information content (AvgIpc) is 2.87. The van der Waals surface area contributed by atoms with Gasteiger partial charge in [0.2, 0.25) is 0 Å². The zero-order valence-corrected chi connectivity index (χ0v) is 19.4. The van der Waals surface area contributed by atoms with E-state index in [2.05, 4.69) is 15.6 Å². The van der Waals surface area contributed by atoms with Crippen LogP contribution in [0.3, 0.4) is 0 Å². The van der Waals surface area contributed by atoms with Crippen LogP contribution in [0.4, 0.5) is 10.6 Å². The summed E-state index contributed by atoms with van der Waals surface area (Å²) in [6.45, 7) is 3.70. The van der Waals surface area contributed by atoms with Gasteiger partial charge in [0.15, 0.2) is 11.9 Å². The fourth-order valence-electron chi connectivity index (χ4n) is 4.33. The highest BCUT2D eigenvalue weighted by Gasteiger charge is 2.27. The minimum atomic E-state index is -0.888. The Kier molecular flexibility index (Phi) is 7.10. The van der Waals surface area contributed by atoms with E-state index in [1.54, 1.807) is 28.8 Å². The second-order valence-electron chi connectivity index (χ2n) is 8.22. The smallest absolute Gasteiger partial charge is 0.333 e. The van der Waals surface area contributed by atoms with Gasteiger partial charge in [-0.25, -0.2) is 14.6 Å². The lowest BCUT2D eigenvalue weighted by molar-refractivity contribution is -0.143. The quantitative estimate of drug-likeness (QED) is 0.545. The molecule has 9 nitrogen and oxygen atoms in total. The zero-order valence-electron chi connectivity index (χ0n) is 19.4. The molecule has 1 fully saturated rings. The summed E-state index contributed by atoms with van der Waals surface area (Å²) in [5.74, 6) is -0.0935. The zero-order chi connectivity index (χ0) is 24.1. The number of ether oxygens (including phenoxy) is 1. The molecule has 2 heterocycles. The largest absolute Gasteiger partial charge is 0.467 e. The van der Waals surface area contributed by atoms with Crippen LogP contribution in [-0.2, 0) is 16.1 Å². The van der Waals surface area contributed by atoms with Crippen LogP contribution in [-0.4, -0.2) is 47.8 Å². The van der Waals surface area contributed by atoms with Crippen molar-refractivity contribution in [1.82, 2.24) is 20.2 Å². The molecule has 1 aromatic heterocycles. The second-order valence-corrected chi connectivity index (χ2v) is 8.22. The molecule has 178 valence electrons. The van der Waals surface area contributed by atoms with Crippen molar-refractivity contribution in [3.05, 3.63) is 70.5 Å². The maximum absolute atomic E-state index is 13.1. The summed E-state index contributed by atoms with van der Waals surface area (Å²) in [6, 6.07) is 15.2. The molecule has 0 saturated carbocycles. The molecule has 1 atom stereocenters. The lowest BCUT2D eigenvalue weighted by Crippen LogP contribution is -2.50. The molecule has 2 N–H and O–H groups in total. The number of fused-ring (bicyclic) bond motifs is 1. The molecule has 2 aromatic carbocycles. The van der Waals surface area contributed by atoms with Crippen LogP contribution in [0.1, 0.15) is 31.4 Å². The third-order valence-electron chi connectivity index (χ3n) is 6.13. The predicted octanol–water partition coefficient (Wildman–Crippen LogP) is 2.60. The van der Waals surface area contributed by atoms with Crippen molar-refractivity contribution in [3.63, 3.8) is 0 Å². The number of rotatable bonds is 6. The molecule has 1 unspecified atom stereocenters. The fourth-order valence-corrected chi connectivity index (χ4v) is 4.33. The van der Waals surface area contributed by atoms with Gasteiger partial charge in [-0.1, -0.05) is 42.5 Å². The van der Waals surface area contributed by atoms with Crippen molar-refractivity contribution in [1.29, 1.82) is 0 Å². The van der Waals surface area contributed by atoms with E-state index in [-0.39, 0.29) is 11.6 Å². The molecule has 0 bridgehead atoms. The third kappa shape index (κ3) is 4.88. The Balaban J connectivity index is 1.40. The number of piperidine rings is 1. The molecule has 9 heteroatoms. The Labute approximate surface area is 197 Å².